The van der Waals surface area contributed by atoms with E-state index in [0.29, 0.717) is 17.6 Å². The Bertz CT molecular complexity index is 1330. The Morgan fingerprint density at radius 2 is 1.72 bits per heavy atom. The standard InChI is InChI=1S/C34H49NO9.2Ac/c1-17-14-23-33(39,16-43-23)28-20(4)34(40)15-22(18(2)24(31(34,5)6)26(36)29(37)32(17,28)7)27(44-41)19(3)25(35-30(38)42-8)21-12-10-9-11-13-21;;/h9-13,17,19-20,22-23,25-28,36,39-41H,14-16H2,1-8H3,(H,35,38);;/t17-,19?,20?,22?,23?,25?,26?,27-,28?,32+,33?,34?;;/m0../s1. The van der Waals surface area contributed by atoms with Gasteiger partial charge in [0.15, 0.2) is 5.78 Å². The number of Topliss-reactive ketones (excluding diaryl/α,β-unsaturated/α-hetero) is 1. The Morgan fingerprint density at radius 1 is 1.11 bits per heavy atom. The molecule has 3 aliphatic carbocycles. The van der Waals surface area contributed by atoms with Crippen LogP contribution in [-0.2, 0) is 19.2 Å². The van der Waals surface area contributed by atoms with Gasteiger partial charge in [0.25, 0.3) is 0 Å². The van der Waals surface area contributed by atoms with Gasteiger partial charge < -0.3 is 30.1 Å². The van der Waals surface area contributed by atoms with Crippen LogP contribution >= 0.6 is 0 Å². The molecule has 3 fully saturated rings. The number of aliphatic hydroxyl groups is 3. The molecule has 12 heteroatoms. The first-order chi connectivity index (χ1) is 20.5. The smallest absolute Gasteiger partial charge is 0.407 e. The van der Waals surface area contributed by atoms with Crippen molar-refractivity contribution in [2.45, 2.75) is 96.9 Å². The minimum atomic E-state index is -1.55. The SMILES string of the molecule is COC(=O)NC(c1ccccc1)C(C)[C@H](OO)C1CC2(O)C(C)C3C4(O)COC4C[C@H](C)[C@@]3(C)C(=O)C(O)C(=C1C)C2(C)C.[Ac].[Ac]. The van der Waals surface area contributed by atoms with Crippen LogP contribution in [-0.4, -0.2) is 75.7 Å². The predicted octanol–water partition coefficient (Wildman–Crippen LogP) is 4.04. The molecule has 1 amide bonds. The molecule has 1 aliphatic heterocycles. The number of hydrogen-bond acceptors (Lipinski definition) is 9. The number of alkyl carbamates (subject to hydrolysis) is 1. The van der Waals surface area contributed by atoms with Crippen molar-refractivity contribution in [2.75, 3.05) is 13.7 Å². The van der Waals surface area contributed by atoms with E-state index >= 15 is 0 Å². The monoisotopic (exact) mass is 1070 g/mol. The van der Waals surface area contributed by atoms with Gasteiger partial charge in [0.2, 0.25) is 0 Å². The van der Waals surface area contributed by atoms with E-state index < -0.39 is 76.2 Å². The Morgan fingerprint density at radius 3 is 2.24 bits per heavy atom. The van der Waals surface area contributed by atoms with Crippen molar-refractivity contribution in [1.29, 1.82) is 0 Å². The fourth-order valence-corrected chi connectivity index (χ4v) is 9.81. The number of ketones is 1. The third kappa shape index (κ3) is 6.01. The molecule has 2 saturated carbocycles. The summed E-state index contributed by atoms with van der Waals surface area (Å²) >= 11 is 0. The van der Waals surface area contributed by atoms with E-state index in [1.54, 1.807) is 0 Å². The molecule has 4 aliphatic rings. The van der Waals surface area contributed by atoms with Gasteiger partial charge in [-0.1, -0.05) is 77.4 Å². The Hall–Kier alpha value is 0.543. The second kappa shape index (κ2) is 14.6. The molecule has 1 saturated heterocycles. The summed E-state index contributed by atoms with van der Waals surface area (Å²) in [6.45, 7) is 13.1. The quantitative estimate of drug-likeness (QED) is 0.162. The van der Waals surface area contributed by atoms with Crippen LogP contribution in [0, 0.1) is 129 Å². The van der Waals surface area contributed by atoms with Gasteiger partial charge in [-0.05, 0) is 42.7 Å². The third-order valence-electron chi connectivity index (χ3n) is 12.6. The van der Waals surface area contributed by atoms with Crippen LogP contribution in [0.5, 0.6) is 0 Å². The van der Waals surface area contributed by atoms with Gasteiger partial charge in [-0.3, -0.25) is 10.1 Å². The van der Waals surface area contributed by atoms with Gasteiger partial charge in [0.1, 0.15) is 17.8 Å². The van der Waals surface area contributed by atoms with Crippen molar-refractivity contribution >= 4 is 11.9 Å². The van der Waals surface area contributed by atoms with E-state index in [-0.39, 0.29) is 113 Å². The number of hydrogen-bond donors (Lipinski definition) is 5. The molecule has 250 valence electrons. The van der Waals surface area contributed by atoms with Gasteiger partial charge in [-0.15, -0.1) is 0 Å². The summed E-state index contributed by atoms with van der Waals surface area (Å²) in [7, 11) is 1.27. The van der Waals surface area contributed by atoms with Crippen LogP contribution in [0.3, 0.4) is 0 Å². The molecule has 1 aromatic carbocycles. The average molecular weight is 1070 g/mol. The maximum absolute atomic E-state index is 14.5. The van der Waals surface area contributed by atoms with Crippen LogP contribution in [0.15, 0.2) is 41.5 Å². The number of methoxy groups -OCH3 is 1. The number of carbonyl (C=O) groups excluding carboxylic acids is 2. The van der Waals surface area contributed by atoms with Crippen LogP contribution in [0.25, 0.3) is 0 Å². The molecule has 9 unspecified atom stereocenters. The van der Waals surface area contributed by atoms with Crippen LogP contribution in [0.4, 0.5) is 4.79 Å². The molecule has 5 N–H and O–H groups in total. The summed E-state index contributed by atoms with van der Waals surface area (Å²) in [5.74, 6) is -3.13. The van der Waals surface area contributed by atoms with Crippen LogP contribution < -0.4 is 5.32 Å². The summed E-state index contributed by atoms with van der Waals surface area (Å²) < 4.78 is 10.7. The molecule has 2 radical (unpaired) electrons. The maximum Gasteiger partial charge on any atom is 0.407 e. The number of amides is 1. The van der Waals surface area contributed by atoms with Crippen molar-refractivity contribution < 1.29 is 133 Å². The zero-order valence-electron chi connectivity index (χ0n) is 28.2. The van der Waals surface area contributed by atoms with Crippen molar-refractivity contribution in [3.8, 4) is 0 Å². The van der Waals surface area contributed by atoms with Crippen molar-refractivity contribution in [3.05, 3.63) is 47.0 Å². The molecule has 46 heavy (non-hydrogen) atoms. The predicted molar refractivity (Wildman–Crippen MR) is 161 cm³/mol. The largest absolute Gasteiger partial charge is 0.453 e. The molecule has 1 aromatic rings. The normalized spacial score (nSPS) is 39.8. The summed E-state index contributed by atoms with van der Waals surface area (Å²) in [6, 6.07) is 8.60. The van der Waals surface area contributed by atoms with E-state index in [0.717, 1.165) is 5.56 Å². The molecule has 0 spiro atoms. The molecule has 0 aromatic heterocycles. The average Bonchev–Trinajstić information content (AvgIpc) is 2.99. The topological polar surface area (TPSA) is 155 Å². The van der Waals surface area contributed by atoms with Gasteiger partial charge in [-0.2, -0.15) is 0 Å². The fourth-order valence-electron chi connectivity index (χ4n) is 9.81. The first-order valence-electron chi connectivity index (χ1n) is 15.7. The minimum absolute atomic E-state index is 0. The Kier molecular flexibility index (Phi) is 13.0. The van der Waals surface area contributed by atoms with E-state index in [9.17, 15) is 30.2 Å². The third-order valence-corrected chi connectivity index (χ3v) is 12.6. The van der Waals surface area contributed by atoms with Crippen molar-refractivity contribution in [1.82, 2.24) is 5.32 Å². The zero-order valence-corrected chi connectivity index (χ0v) is 37.7. The maximum atomic E-state index is 14.5. The summed E-state index contributed by atoms with van der Waals surface area (Å²) in [5.41, 5.74) is -3.26. The summed E-state index contributed by atoms with van der Waals surface area (Å²) in [4.78, 5) is 32.2. The van der Waals surface area contributed by atoms with Crippen molar-refractivity contribution in [3.63, 3.8) is 0 Å². The first kappa shape index (κ1) is 41.0. The van der Waals surface area contributed by atoms with E-state index in [1.807, 2.05) is 78.8 Å². The molecule has 5 rings (SSSR count). The Labute approximate surface area is 343 Å². The number of nitrogens with one attached hydrogen (secondary N) is 1. The molecule has 2 bridgehead atoms. The number of rotatable bonds is 6. The fraction of sp³-hybridized carbons (Fsp3) is 0.706. The second-order valence-electron chi connectivity index (χ2n) is 14.7. The number of benzene rings is 1. The van der Waals surface area contributed by atoms with Gasteiger partial charge in [0.05, 0.1) is 31.5 Å². The van der Waals surface area contributed by atoms with E-state index in [4.69, 9.17) is 14.4 Å². The summed E-state index contributed by atoms with van der Waals surface area (Å²) in [5, 5.41) is 50.4. The second-order valence-corrected chi connectivity index (χ2v) is 14.7. The number of ether oxygens (including phenoxy) is 2. The molecule has 1 heterocycles. The molecular formula is C34H49Ac2NO9. The van der Waals surface area contributed by atoms with Crippen LogP contribution in [0.1, 0.15) is 72.9 Å². The number of aliphatic hydroxyl groups excluding tert-OH is 1. The Balaban J connectivity index is 0.00000288. The molecular weight excluding hydrogens is 1020 g/mol. The molecule has 12 atom stereocenters. The van der Waals surface area contributed by atoms with Gasteiger partial charge >= 0.3 is 6.09 Å². The zero-order chi connectivity index (χ0) is 32.6. The first-order valence-corrected chi connectivity index (χ1v) is 15.7. The number of carbonyl (C=O) groups is 2. The molecule has 10 nitrogen and oxygen atoms in total. The van der Waals surface area contributed by atoms with E-state index in [1.165, 1.54) is 7.11 Å². The van der Waals surface area contributed by atoms with Gasteiger partial charge in [-0.25, -0.2) is 9.68 Å². The van der Waals surface area contributed by atoms with Crippen LogP contribution in [0.2, 0.25) is 0 Å². The number of fused-ring (bicyclic) bond motifs is 5. The minimum Gasteiger partial charge on any atom is -0.453 e. The summed E-state index contributed by atoms with van der Waals surface area (Å²) in [6.07, 6.45) is -3.04. The van der Waals surface area contributed by atoms with E-state index in [2.05, 4.69) is 5.32 Å². The van der Waals surface area contributed by atoms with Crippen molar-refractivity contribution in [2.24, 2.45) is 40.4 Å². The van der Waals surface area contributed by atoms with Gasteiger partial charge in [0, 0.05) is 117 Å².